The third-order valence-corrected chi connectivity index (χ3v) is 3.94. The van der Waals surface area contributed by atoms with Gasteiger partial charge < -0.3 is 24.8 Å². The molecule has 1 saturated heterocycles. The zero-order valence-electron chi connectivity index (χ0n) is 15.7. The van der Waals surface area contributed by atoms with Crippen LogP contribution in [0.2, 0.25) is 0 Å². The van der Waals surface area contributed by atoms with Gasteiger partial charge in [-0.1, -0.05) is 30.9 Å². The number of guanidine groups is 1. The minimum Gasteiger partial charge on any atom is -0.489 e. The van der Waals surface area contributed by atoms with Gasteiger partial charge in [0.05, 0.1) is 19.3 Å². The van der Waals surface area contributed by atoms with Crippen molar-refractivity contribution in [2.75, 3.05) is 39.5 Å². The molecule has 2 N–H and O–H groups in total. The van der Waals surface area contributed by atoms with Gasteiger partial charge in [0, 0.05) is 31.9 Å². The molecule has 1 heterocycles. The lowest BCUT2D eigenvalue weighted by molar-refractivity contribution is 0.0420. The van der Waals surface area contributed by atoms with E-state index in [-0.39, 0.29) is 6.10 Å². The summed E-state index contributed by atoms with van der Waals surface area (Å²) in [5, 5.41) is 6.62. The standard InChI is InChI=1S/C20H31N3O3/c1-3-12-26-19-9-6-5-8-17(19)15-23-20(21-4-2)22-11-7-13-25-18-10-14-24-16-18/h3,5-6,8-9,18H,1,4,7,10-16H2,2H3,(H2,21,22,23). The Morgan fingerprint density at radius 3 is 3.04 bits per heavy atom. The van der Waals surface area contributed by atoms with Crippen molar-refractivity contribution in [3.05, 3.63) is 42.5 Å². The molecule has 6 heteroatoms. The van der Waals surface area contributed by atoms with E-state index in [0.717, 1.165) is 63.0 Å². The molecule has 0 amide bonds. The molecule has 1 unspecified atom stereocenters. The number of benzene rings is 1. The predicted molar refractivity (Wildman–Crippen MR) is 105 cm³/mol. The van der Waals surface area contributed by atoms with Gasteiger partial charge in [-0.3, -0.25) is 0 Å². The first-order valence-corrected chi connectivity index (χ1v) is 9.36. The molecule has 1 atom stereocenters. The molecule has 0 bridgehead atoms. The quantitative estimate of drug-likeness (QED) is 0.274. The van der Waals surface area contributed by atoms with E-state index in [4.69, 9.17) is 14.2 Å². The van der Waals surface area contributed by atoms with Gasteiger partial charge in [0.2, 0.25) is 0 Å². The van der Waals surface area contributed by atoms with Crippen LogP contribution in [0, 0.1) is 0 Å². The highest BCUT2D eigenvalue weighted by molar-refractivity contribution is 5.79. The third-order valence-electron chi connectivity index (χ3n) is 3.94. The average Bonchev–Trinajstić information content (AvgIpc) is 3.18. The molecular weight excluding hydrogens is 330 g/mol. The number of ether oxygens (including phenoxy) is 3. The Morgan fingerprint density at radius 2 is 2.27 bits per heavy atom. The summed E-state index contributed by atoms with van der Waals surface area (Å²) < 4.78 is 16.8. The monoisotopic (exact) mass is 361 g/mol. The van der Waals surface area contributed by atoms with Crippen molar-refractivity contribution in [3.63, 3.8) is 0 Å². The molecule has 0 spiro atoms. The fraction of sp³-hybridized carbons (Fsp3) is 0.550. The lowest BCUT2D eigenvalue weighted by atomic mass is 10.2. The molecule has 144 valence electrons. The summed E-state index contributed by atoms with van der Waals surface area (Å²) in [5.41, 5.74) is 1.05. The third kappa shape index (κ3) is 7.45. The number of rotatable bonds is 11. The second kappa shape index (κ2) is 12.3. The van der Waals surface area contributed by atoms with E-state index in [1.807, 2.05) is 24.3 Å². The molecule has 1 aromatic rings. The van der Waals surface area contributed by atoms with Gasteiger partial charge in [-0.15, -0.1) is 0 Å². The Labute approximate surface area is 156 Å². The summed E-state index contributed by atoms with van der Waals surface area (Å²) in [6.45, 7) is 10.7. The maximum Gasteiger partial charge on any atom is 0.191 e. The normalized spacial score (nSPS) is 17.1. The highest BCUT2D eigenvalue weighted by Gasteiger charge is 2.15. The number of hydrogen-bond donors (Lipinski definition) is 2. The van der Waals surface area contributed by atoms with Crippen molar-refractivity contribution in [1.29, 1.82) is 0 Å². The van der Waals surface area contributed by atoms with Crippen LogP contribution in [0.4, 0.5) is 0 Å². The fourth-order valence-corrected chi connectivity index (χ4v) is 2.60. The van der Waals surface area contributed by atoms with E-state index in [9.17, 15) is 0 Å². The highest BCUT2D eigenvalue weighted by Crippen LogP contribution is 2.18. The molecule has 1 aliphatic heterocycles. The van der Waals surface area contributed by atoms with Crippen molar-refractivity contribution in [3.8, 4) is 5.75 Å². The van der Waals surface area contributed by atoms with Crippen LogP contribution in [0.5, 0.6) is 5.75 Å². The zero-order chi connectivity index (χ0) is 18.5. The van der Waals surface area contributed by atoms with Gasteiger partial charge in [0.25, 0.3) is 0 Å². The summed E-state index contributed by atoms with van der Waals surface area (Å²) in [4.78, 5) is 4.66. The molecule has 0 aliphatic carbocycles. The molecule has 1 aliphatic rings. The topological polar surface area (TPSA) is 64.1 Å². The van der Waals surface area contributed by atoms with E-state index in [1.54, 1.807) is 6.08 Å². The van der Waals surface area contributed by atoms with Crippen molar-refractivity contribution in [2.24, 2.45) is 4.99 Å². The van der Waals surface area contributed by atoms with Crippen LogP contribution >= 0.6 is 0 Å². The number of nitrogens with zero attached hydrogens (tertiary/aromatic N) is 1. The molecule has 26 heavy (non-hydrogen) atoms. The van der Waals surface area contributed by atoms with E-state index >= 15 is 0 Å². The number of para-hydroxylation sites is 1. The minimum atomic E-state index is 0.268. The fourth-order valence-electron chi connectivity index (χ4n) is 2.60. The van der Waals surface area contributed by atoms with E-state index in [1.165, 1.54) is 0 Å². The first-order chi connectivity index (χ1) is 12.8. The summed E-state index contributed by atoms with van der Waals surface area (Å²) in [5.74, 6) is 1.65. The van der Waals surface area contributed by atoms with E-state index in [0.29, 0.717) is 13.2 Å². The Morgan fingerprint density at radius 1 is 1.38 bits per heavy atom. The Hall–Kier alpha value is -2.05. The van der Waals surface area contributed by atoms with Crippen LogP contribution in [-0.4, -0.2) is 51.6 Å². The van der Waals surface area contributed by atoms with E-state index in [2.05, 4.69) is 29.1 Å². The molecule has 6 nitrogen and oxygen atoms in total. The van der Waals surface area contributed by atoms with Crippen LogP contribution in [0.25, 0.3) is 0 Å². The lowest BCUT2D eigenvalue weighted by Gasteiger charge is -2.13. The zero-order valence-corrected chi connectivity index (χ0v) is 15.7. The van der Waals surface area contributed by atoms with Gasteiger partial charge in [0.1, 0.15) is 12.4 Å². The molecule has 1 aromatic carbocycles. The Kier molecular flexibility index (Phi) is 9.61. The van der Waals surface area contributed by atoms with Crippen molar-refractivity contribution >= 4 is 5.96 Å². The molecule has 0 radical (unpaired) electrons. The average molecular weight is 361 g/mol. The smallest absolute Gasteiger partial charge is 0.191 e. The summed E-state index contributed by atoms with van der Waals surface area (Å²) >= 11 is 0. The molecule has 0 aromatic heterocycles. The molecule has 0 saturated carbocycles. The largest absolute Gasteiger partial charge is 0.489 e. The maximum atomic E-state index is 5.78. The lowest BCUT2D eigenvalue weighted by Crippen LogP contribution is -2.38. The van der Waals surface area contributed by atoms with Gasteiger partial charge in [-0.05, 0) is 25.8 Å². The van der Waals surface area contributed by atoms with Crippen molar-refractivity contribution in [1.82, 2.24) is 10.6 Å². The van der Waals surface area contributed by atoms with Crippen LogP contribution in [0.15, 0.2) is 41.9 Å². The first kappa shape index (κ1) is 20.3. The maximum absolute atomic E-state index is 5.78. The van der Waals surface area contributed by atoms with Crippen molar-refractivity contribution in [2.45, 2.75) is 32.4 Å². The van der Waals surface area contributed by atoms with Crippen LogP contribution in [0.3, 0.4) is 0 Å². The second-order valence-electron chi connectivity index (χ2n) is 6.04. The Balaban J connectivity index is 1.77. The van der Waals surface area contributed by atoms with Gasteiger partial charge in [-0.25, -0.2) is 4.99 Å². The number of hydrogen-bond acceptors (Lipinski definition) is 4. The SMILES string of the molecule is C=CCOc1ccccc1CN=C(NCC)NCCCOC1CCOC1. The van der Waals surface area contributed by atoms with Gasteiger partial charge in [-0.2, -0.15) is 0 Å². The summed E-state index contributed by atoms with van der Waals surface area (Å²) in [6.07, 6.45) is 3.94. The summed E-state index contributed by atoms with van der Waals surface area (Å²) in [7, 11) is 0. The second-order valence-corrected chi connectivity index (χ2v) is 6.04. The summed E-state index contributed by atoms with van der Waals surface area (Å²) in [6, 6.07) is 7.95. The molecule has 2 rings (SSSR count). The number of aliphatic imine (C=N–C) groups is 1. The highest BCUT2D eigenvalue weighted by atomic mass is 16.5. The van der Waals surface area contributed by atoms with Crippen molar-refractivity contribution < 1.29 is 14.2 Å². The van der Waals surface area contributed by atoms with E-state index < -0.39 is 0 Å². The van der Waals surface area contributed by atoms with Crippen LogP contribution in [-0.2, 0) is 16.0 Å². The van der Waals surface area contributed by atoms with Crippen LogP contribution in [0.1, 0.15) is 25.3 Å². The first-order valence-electron chi connectivity index (χ1n) is 9.36. The Bertz CT molecular complexity index is 557. The molecule has 1 fully saturated rings. The number of nitrogens with one attached hydrogen (secondary N) is 2. The van der Waals surface area contributed by atoms with Crippen LogP contribution < -0.4 is 15.4 Å². The van der Waals surface area contributed by atoms with Gasteiger partial charge >= 0.3 is 0 Å². The predicted octanol–water partition coefficient (Wildman–Crippen LogP) is 2.50. The van der Waals surface area contributed by atoms with Gasteiger partial charge in [0.15, 0.2) is 5.96 Å². The molecular formula is C20H31N3O3. The minimum absolute atomic E-state index is 0.268.